The normalized spacial score (nSPS) is 17.3. The summed E-state index contributed by atoms with van der Waals surface area (Å²) in [5, 5.41) is 8.41. The van der Waals surface area contributed by atoms with Gasteiger partial charge in [0.1, 0.15) is 0 Å². The van der Waals surface area contributed by atoms with Gasteiger partial charge in [-0.2, -0.15) is 0 Å². The molecule has 0 aliphatic carbocycles. The molecule has 1 aromatic carbocycles. The van der Waals surface area contributed by atoms with Crippen LogP contribution in [0.3, 0.4) is 0 Å². The van der Waals surface area contributed by atoms with Crippen molar-refractivity contribution in [1.82, 2.24) is 10.6 Å². The van der Waals surface area contributed by atoms with Crippen LogP contribution < -0.4 is 16.0 Å². The van der Waals surface area contributed by atoms with E-state index in [1.807, 2.05) is 6.07 Å². The summed E-state index contributed by atoms with van der Waals surface area (Å²) in [5.41, 5.74) is 1.30. The van der Waals surface area contributed by atoms with E-state index in [0.717, 1.165) is 25.1 Å². The molecule has 2 amide bonds. The lowest BCUT2D eigenvalue weighted by atomic mass is 10.2. The van der Waals surface area contributed by atoms with Gasteiger partial charge < -0.3 is 20.7 Å². The fourth-order valence-electron chi connectivity index (χ4n) is 2.19. The van der Waals surface area contributed by atoms with Gasteiger partial charge in [-0.25, -0.2) is 0 Å². The van der Waals surface area contributed by atoms with Crippen molar-refractivity contribution in [2.45, 2.75) is 18.9 Å². The van der Waals surface area contributed by atoms with Gasteiger partial charge in [-0.05, 0) is 31.0 Å². The van der Waals surface area contributed by atoms with Crippen molar-refractivity contribution in [3.05, 3.63) is 29.8 Å². The van der Waals surface area contributed by atoms with Crippen molar-refractivity contribution in [3.8, 4) is 0 Å². The van der Waals surface area contributed by atoms with Gasteiger partial charge in [-0.1, -0.05) is 6.07 Å². The number of carbonyl (C=O) groups is 2. The molecule has 0 spiro atoms. The Kier molecular flexibility index (Phi) is 5.57. The average Bonchev–Trinajstić information content (AvgIpc) is 3.04. The van der Waals surface area contributed by atoms with E-state index >= 15 is 0 Å². The van der Waals surface area contributed by atoms with Crippen molar-refractivity contribution in [1.29, 1.82) is 0 Å². The molecule has 0 radical (unpaired) electrons. The number of rotatable bonds is 6. The summed E-state index contributed by atoms with van der Waals surface area (Å²) in [7, 11) is 1.58. The highest BCUT2D eigenvalue weighted by molar-refractivity contribution is 5.95. The maximum absolute atomic E-state index is 11.7. The smallest absolute Gasteiger partial charge is 0.251 e. The first kappa shape index (κ1) is 15.3. The third kappa shape index (κ3) is 4.75. The van der Waals surface area contributed by atoms with Crippen LogP contribution in [0.4, 0.5) is 5.69 Å². The third-order valence-electron chi connectivity index (χ3n) is 3.36. The zero-order chi connectivity index (χ0) is 15.1. The van der Waals surface area contributed by atoms with E-state index in [2.05, 4.69) is 16.0 Å². The largest absolute Gasteiger partial charge is 0.376 e. The van der Waals surface area contributed by atoms with E-state index in [4.69, 9.17) is 4.74 Å². The predicted octanol–water partition coefficient (Wildman–Crippen LogP) is 0.753. The molecule has 0 bridgehead atoms. The quantitative estimate of drug-likeness (QED) is 0.723. The van der Waals surface area contributed by atoms with Crippen LogP contribution in [0.15, 0.2) is 24.3 Å². The lowest BCUT2D eigenvalue weighted by Crippen LogP contribution is -2.35. The van der Waals surface area contributed by atoms with E-state index in [0.29, 0.717) is 12.1 Å². The second-order valence-corrected chi connectivity index (χ2v) is 4.95. The number of ether oxygens (including phenoxy) is 1. The molecule has 1 fully saturated rings. The predicted molar refractivity (Wildman–Crippen MR) is 80.3 cm³/mol. The Morgan fingerprint density at radius 2 is 2.24 bits per heavy atom. The lowest BCUT2D eigenvalue weighted by Gasteiger charge is -2.12. The van der Waals surface area contributed by atoms with Gasteiger partial charge in [-0.15, -0.1) is 0 Å². The Labute approximate surface area is 124 Å². The van der Waals surface area contributed by atoms with Crippen molar-refractivity contribution in [2.75, 3.05) is 32.1 Å². The summed E-state index contributed by atoms with van der Waals surface area (Å²) in [5.74, 6) is -0.239. The highest BCUT2D eigenvalue weighted by atomic mass is 16.5. The molecule has 6 nitrogen and oxygen atoms in total. The van der Waals surface area contributed by atoms with E-state index in [9.17, 15) is 9.59 Å². The van der Waals surface area contributed by atoms with Crippen LogP contribution in [-0.2, 0) is 9.53 Å². The van der Waals surface area contributed by atoms with Crippen molar-refractivity contribution in [3.63, 3.8) is 0 Å². The van der Waals surface area contributed by atoms with Crippen LogP contribution in [0, 0.1) is 0 Å². The molecular weight excluding hydrogens is 270 g/mol. The minimum Gasteiger partial charge on any atom is -0.376 e. The molecule has 114 valence electrons. The van der Waals surface area contributed by atoms with Crippen LogP contribution in [0.1, 0.15) is 23.2 Å². The van der Waals surface area contributed by atoms with Crippen molar-refractivity contribution >= 4 is 17.5 Å². The molecule has 6 heteroatoms. The first-order valence-electron chi connectivity index (χ1n) is 7.13. The molecule has 3 N–H and O–H groups in total. The van der Waals surface area contributed by atoms with Crippen LogP contribution >= 0.6 is 0 Å². The molecule has 21 heavy (non-hydrogen) atoms. The van der Waals surface area contributed by atoms with Gasteiger partial charge in [0.2, 0.25) is 5.91 Å². The number of carbonyl (C=O) groups excluding carboxylic acids is 2. The Morgan fingerprint density at radius 3 is 2.95 bits per heavy atom. The molecule has 2 rings (SSSR count). The summed E-state index contributed by atoms with van der Waals surface area (Å²) in [6.45, 7) is 1.51. The van der Waals surface area contributed by atoms with Crippen molar-refractivity contribution < 1.29 is 14.3 Å². The van der Waals surface area contributed by atoms with Crippen LogP contribution in [0.25, 0.3) is 0 Å². The molecule has 1 aliphatic heterocycles. The molecule has 1 heterocycles. The van der Waals surface area contributed by atoms with E-state index in [1.54, 1.807) is 25.2 Å². The second-order valence-electron chi connectivity index (χ2n) is 4.95. The number of amides is 2. The summed E-state index contributed by atoms with van der Waals surface area (Å²) >= 11 is 0. The lowest BCUT2D eigenvalue weighted by molar-refractivity contribution is -0.119. The average molecular weight is 291 g/mol. The first-order chi connectivity index (χ1) is 10.2. The molecule has 0 aromatic heterocycles. The molecular formula is C15H21N3O3. The maximum Gasteiger partial charge on any atom is 0.251 e. The Hall–Kier alpha value is -2.08. The fourth-order valence-corrected chi connectivity index (χ4v) is 2.19. The van der Waals surface area contributed by atoms with Crippen LogP contribution in [0.2, 0.25) is 0 Å². The maximum atomic E-state index is 11.7. The number of anilines is 1. The Balaban J connectivity index is 1.76. The second kappa shape index (κ2) is 7.64. The monoisotopic (exact) mass is 291 g/mol. The number of benzene rings is 1. The third-order valence-corrected chi connectivity index (χ3v) is 3.36. The Bertz CT molecular complexity index is 499. The summed E-state index contributed by atoms with van der Waals surface area (Å²) in [4.78, 5) is 23.3. The summed E-state index contributed by atoms with van der Waals surface area (Å²) in [6.07, 6.45) is 2.21. The van der Waals surface area contributed by atoms with E-state index in [-0.39, 0.29) is 24.5 Å². The fraction of sp³-hybridized carbons (Fsp3) is 0.467. The van der Waals surface area contributed by atoms with Crippen LogP contribution in [-0.4, -0.2) is 44.7 Å². The van der Waals surface area contributed by atoms with E-state index in [1.165, 1.54) is 0 Å². The van der Waals surface area contributed by atoms with Crippen LogP contribution in [0.5, 0.6) is 0 Å². The van der Waals surface area contributed by atoms with Gasteiger partial charge in [0.05, 0.1) is 12.6 Å². The molecule has 1 aromatic rings. The standard InChI is InChI=1S/C15H21N3O3/c1-16-15(20)11-4-2-5-12(8-11)17-10-14(19)18-9-13-6-3-7-21-13/h2,4-5,8,13,17H,3,6-7,9-10H2,1H3,(H,16,20)(H,18,19). The SMILES string of the molecule is CNC(=O)c1cccc(NCC(=O)NCC2CCCO2)c1. The Morgan fingerprint density at radius 1 is 1.38 bits per heavy atom. The molecule has 1 unspecified atom stereocenters. The first-order valence-corrected chi connectivity index (χ1v) is 7.13. The minimum atomic E-state index is -0.151. The minimum absolute atomic E-state index is 0.0872. The highest BCUT2D eigenvalue weighted by Gasteiger charge is 2.15. The highest BCUT2D eigenvalue weighted by Crippen LogP contribution is 2.11. The zero-order valence-corrected chi connectivity index (χ0v) is 12.1. The zero-order valence-electron chi connectivity index (χ0n) is 12.1. The topological polar surface area (TPSA) is 79.5 Å². The molecule has 1 saturated heterocycles. The van der Waals surface area contributed by atoms with Gasteiger partial charge in [-0.3, -0.25) is 9.59 Å². The summed E-state index contributed by atoms with van der Waals surface area (Å²) < 4.78 is 5.44. The number of hydrogen-bond acceptors (Lipinski definition) is 4. The van der Waals surface area contributed by atoms with Gasteiger partial charge in [0.25, 0.3) is 5.91 Å². The van der Waals surface area contributed by atoms with Gasteiger partial charge >= 0.3 is 0 Å². The summed E-state index contributed by atoms with van der Waals surface area (Å²) in [6, 6.07) is 7.03. The van der Waals surface area contributed by atoms with E-state index < -0.39 is 0 Å². The number of hydrogen-bond donors (Lipinski definition) is 3. The van der Waals surface area contributed by atoms with Crippen molar-refractivity contribution in [2.24, 2.45) is 0 Å². The molecule has 0 saturated carbocycles. The van der Waals surface area contributed by atoms with Gasteiger partial charge in [0, 0.05) is 31.5 Å². The van der Waals surface area contributed by atoms with Gasteiger partial charge in [0.15, 0.2) is 0 Å². The number of nitrogens with one attached hydrogen (secondary N) is 3. The molecule has 1 atom stereocenters. The molecule has 1 aliphatic rings.